The highest BCUT2D eigenvalue weighted by atomic mass is 127. The maximum atomic E-state index is 12.0. The molecule has 3 fully saturated rings. The second kappa shape index (κ2) is 10.3. The summed E-state index contributed by atoms with van der Waals surface area (Å²) in [6.45, 7) is 8.96. The first-order valence-corrected chi connectivity index (χ1v) is 10.4. The summed E-state index contributed by atoms with van der Waals surface area (Å²) in [6.07, 6.45) is 6.70. The minimum absolute atomic E-state index is 0. The van der Waals surface area contributed by atoms with E-state index in [9.17, 15) is 4.79 Å². The van der Waals surface area contributed by atoms with Crippen molar-refractivity contribution in [3.63, 3.8) is 0 Å². The fraction of sp³-hybridized carbons (Fsp3) is 0.900. The van der Waals surface area contributed by atoms with Crippen LogP contribution in [0.2, 0.25) is 0 Å². The van der Waals surface area contributed by atoms with E-state index in [1.807, 2.05) is 0 Å². The van der Waals surface area contributed by atoms with Crippen molar-refractivity contribution in [1.82, 2.24) is 20.0 Å². The van der Waals surface area contributed by atoms with Crippen LogP contribution in [0.4, 0.5) is 0 Å². The van der Waals surface area contributed by atoms with Crippen LogP contribution in [0.15, 0.2) is 4.99 Å². The van der Waals surface area contributed by atoms with Crippen molar-refractivity contribution in [3.05, 3.63) is 0 Å². The van der Waals surface area contributed by atoms with Gasteiger partial charge in [0.2, 0.25) is 5.91 Å². The van der Waals surface area contributed by atoms with Crippen LogP contribution >= 0.6 is 24.0 Å². The van der Waals surface area contributed by atoms with Crippen LogP contribution in [0.25, 0.3) is 0 Å². The SMILES string of the molecule is CC(C)CNC(=NCC(=O)N(C)C)N1CCC2C(CCCN2C2CC2)C1.I. The van der Waals surface area contributed by atoms with Gasteiger partial charge >= 0.3 is 0 Å². The zero-order valence-corrected chi connectivity index (χ0v) is 19.8. The van der Waals surface area contributed by atoms with Crippen LogP contribution in [-0.2, 0) is 4.79 Å². The molecule has 0 spiro atoms. The molecule has 1 saturated carbocycles. The van der Waals surface area contributed by atoms with Gasteiger partial charge in [0.25, 0.3) is 0 Å². The lowest BCUT2D eigenvalue weighted by atomic mass is 9.83. The molecule has 3 aliphatic rings. The molecule has 2 atom stereocenters. The molecule has 2 unspecified atom stereocenters. The van der Waals surface area contributed by atoms with Gasteiger partial charge in [-0.05, 0) is 50.5 Å². The van der Waals surface area contributed by atoms with Gasteiger partial charge in [0.1, 0.15) is 6.54 Å². The number of aliphatic imine (C=N–C) groups is 1. The largest absolute Gasteiger partial charge is 0.356 e. The molecule has 7 heteroatoms. The van der Waals surface area contributed by atoms with Crippen LogP contribution in [0, 0.1) is 11.8 Å². The van der Waals surface area contributed by atoms with Crippen molar-refractivity contribution < 1.29 is 4.79 Å². The molecule has 1 N–H and O–H groups in total. The zero-order chi connectivity index (χ0) is 18.7. The first kappa shape index (κ1) is 22.7. The van der Waals surface area contributed by atoms with Gasteiger partial charge in [-0.2, -0.15) is 0 Å². The smallest absolute Gasteiger partial charge is 0.243 e. The Morgan fingerprint density at radius 1 is 1.19 bits per heavy atom. The highest BCUT2D eigenvalue weighted by Gasteiger charge is 2.42. The average molecular weight is 491 g/mol. The molecule has 3 rings (SSSR count). The summed E-state index contributed by atoms with van der Waals surface area (Å²) >= 11 is 0. The van der Waals surface area contributed by atoms with E-state index in [0.29, 0.717) is 5.92 Å². The number of hydrogen-bond donors (Lipinski definition) is 1. The Balaban J connectivity index is 0.00000261. The van der Waals surface area contributed by atoms with E-state index in [1.165, 1.54) is 38.6 Å². The maximum Gasteiger partial charge on any atom is 0.243 e. The minimum Gasteiger partial charge on any atom is -0.356 e. The molecule has 0 aromatic carbocycles. The lowest BCUT2D eigenvalue weighted by Gasteiger charge is -2.48. The Bertz CT molecular complexity index is 521. The van der Waals surface area contributed by atoms with E-state index in [0.717, 1.165) is 43.6 Å². The molecular weight excluding hydrogens is 453 g/mol. The number of nitrogens with one attached hydrogen (secondary N) is 1. The van der Waals surface area contributed by atoms with Crippen LogP contribution in [0.3, 0.4) is 0 Å². The second-order valence-electron chi connectivity index (χ2n) is 8.88. The topological polar surface area (TPSA) is 51.2 Å². The molecule has 1 amide bonds. The summed E-state index contributed by atoms with van der Waals surface area (Å²) in [6, 6.07) is 1.64. The van der Waals surface area contributed by atoms with Crippen molar-refractivity contribution in [3.8, 4) is 0 Å². The fourth-order valence-electron chi connectivity index (χ4n) is 4.34. The zero-order valence-electron chi connectivity index (χ0n) is 17.5. The molecular formula is C20H38IN5O. The van der Waals surface area contributed by atoms with Gasteiger partial charge in [-0.1, -0.05) is 13.8 Å². The highest BCUT2D eigenvalue weighted by molar-refractivity contribution is 14.0. The van der Waals surface area contributed by atoms with Gasteiger partial charge in [0.05, 0.1) is 0 Å². The molecule has 2 saturated heterocycles. The number of hydrogen-bond acceptors (Lipinski definition) is 3. The van der Waals surface area contributed by atoms with Gasteiger partial charge in [-0.3, -0.25) is 9.69 Å². The van der Waals surface area contributed by atoms with E-state index < -0.39 is 0 Å². The van der Waals surface area contributed by atoms with Gasteiger partial charge < -0.3 is 15.1 Å². The number of piperidine rings is 2. The summed E-state index contributed by atoms with van der Waals surface area (Å²) < 4.78 is 0. The van der Waals surface area contributed by atoms with Crippen molar-refractivity contribution in [2.45, 2.75) is 58.0 Å². The monoisotopic (exact) mass is 491 g/mol. The number of nitrogens with zero attached hydrogens (tertiary/aromatic N) is 4. The van der Waals surface area contributed by atoms with Crippen LogP contribution in [0.1, 0.15) is 46.0 Å². The number of halogens is 1. The normalized spacial score (nSPS) is 26.4. The van der Waals surface area contributed by atoms with Crippen molar-refractivity contribution in [1.29, 1.82) is 0 Å². The Morgan fingerprint density at radius 2 is 1.93 bits per heavy atom. The van der Waals surface area contributed by atoms with E-state index in [2.05, 4.69) is 34.0 Å². The van der Waals surface area contributed by atoms with Crippen molar-refractivity contribution in [2.75, 3.05) is 46.8 Å². The summed E-state index contributed by atoms with van der Waals surface area (Å²) in [5, 5.41) is 3.52. The number of carbonyl (C=O) groups is 1. The molecule has 0 bridgehead atoms. The molecule has 2 aliphatic heterocycles. The molecule has 2 heterocycles. The van der Waals surface area contributed by atoms with Crippen LogP contribution in [0.5, 0.6) is 0 Å². The average Bonchev–Trinajstić information content (AvgIpc) is 3.45. The Hall–Kier alpha value is -0.570. The predicted molar refractivity (Wildman–Crippen MR) is 122 cm³/mol. The number of amides is 1. The lowest BCUT2D eigenvalue weighted by molar-refractivity contribution is -0.127. The number of carbonyl (C=O) groups excluding carboxylic acids is 1. The molecule has 1 aliphatic carbocycles. The van der Waals surface area contributed by atoms with Crippen molar-refractivity contribution >= 4 is 35.8 Å². The predicted octanol–water partition coefficient (Wildman–Crippen LogP) is 2.24. The third-order valence-electron chi connectivity index (χ3n) is 5.96. The highest BCUT2D eigenvalue weighted by Crippen LogP contribution is 2.38. The summed E-state index contributed by atoms with van der Waals surface area (Å²) in [5.74, 6) is 2.29. The second-order valence-corrected chi connectivity index (χ2v) is 8.88. The summed E-state index contributed by atoms with van der Waals surface area (Å²) in [4.78, 5) is 23.5. The van der Waals surface area contributed by atoms with E-state index in [4.69, 9.17) is 0 Å². The van der Waals surface area contributed by atoms with Gasteiger partial charge in [-0.25, -0.2) is 4.99 Å². The number of guanidine groups is 1. The van der Waals surface area contributed by atoms with E-state index >= 15 is 0 Å². The van der Waals surface area contributed by atoms with Crippen LogP contribution < -0.4 is 5.32 Å². The maximum absolute atomic E-state index is 12.0. The van der Waals surface area contributed by atoms with Gasteiger partial charge in [0, 0.05) is 45.8 Å². The quantitative estimate of drug-likeness (QED) is 0.364. The van der Waals surface area contributed by atoms with E-state index in [-0.39, 0.29) is 36.4 Å². The minimum atomic E-state index is 0. The Labute approximate surface area is 182 Å². The van der Waals surface area contributed by atoms with Crippen molar-refractivity contribution in [2.24, 2.45) is 16.8 Å². The van der Waals surface area contributed by atoms with Crippen LogP contribution in [-0.4, -0.2) is 85.5 Å². The number of likely N-dealkylation sites (tertiary alicyclic amines) is 2. The van der Waals surface area contributed by atoms with Gasteiger partial charge in [-0.15, -0.1) is 24.0 Å². The molecule has 0 aromatic rings. The molecule has 6 nitrogen and oxygen atoms in total. The van der Waals surface area contributed by atoms with Gasteiger partial charge in [0.15, 0.2) is 5.96 Å². The number of rotatable bonds is 5. The third kappa shape index (κ3) is 6.21. The Morgan fingerprint density at radius 3 is 2.56 bits per heavy atom. The molecule has 0 radical (unpaired) electrons. The fourth-order valence-corrected chi connectivity index (χ4v) is 4.34. The summed E-state index contributed by atoms with van der Waals surface area (Å²) in [5.41, 5.74) is 0. The number of likely N-dealkylation sites (N-methyl/N-ethyl adjacent to an activating group) is 1. The third-order valence-corrected chi connectivity index (χ3v) is 5.96. The molecule has 0 aromatic heterocycles. The number of fused-ring (bicyclic) bond motifs is 1. The first-order chi connectivity index (χ1) is 12.5. The summed E-state index contributed by atoms with van der Waals surface area (Å²) in [7, 11) is 3.58. The molecule has 27 heavy (non-hydrogen) atoms. The van der Waals surface area contributed by atoms with E-state index in [1.54, 1.807) is 19.0 Å². The molecule has 156 valence electrons. The lowest BCUT2D eigenvalue weighted by Crippen LogP contribution is -2.57. The Kier molecular flexibility index (Phi) is 8.65. The first-order valence-electron chi connectivity index (χ1n) is 10.4. The standard InChI is InChI=1S/C20H37N5O.HI/c1-15(2)12-21-20(22-13-19(26)23(3)4)24-11-9-18-16(14-24)6-5-10-25(18)17-7-8-17;/h15-18H,5-14H2,1-4H3,(H,21,22);1H.